The van der Waals surface area contributed by atoms with E-state index in [1.165, 1.54) is 0 Å². The highest BCUT2D eigenvalue weighted by Crippen LogP contribution is 2.33. The lowest BCUT2D eigenvalue weighted by molar-refractivity contribution is -0.137. The highest BCUT2D eigenvalue weighted by atomic mass is 16.5. The van der Waals surface area contributed by atoms with Crippen LogP contribution in [0.4, 0.5) is 5.69 Å². The SMILES string of the molecule is CC1Oc2ccccc2N(CCC(=O)NCCCCCC(=O)O)C1=O. The van der Waals surface area contributed by atoms with E-state index in [4.69, 9.17) is 9.84 Å². The van der Waals surface area contributed by atoms with E-state index in [-0.39, 0.29) is 24.7 Å². The lowest BCUT2D eigenvalue weighted by Gasteiger charge is -2.32. The first-order chi connectivity index (χ1) is 12.0. The molecule has 1 atom stereocenters. The minimum absolute atomic E-state index is 0.123. The number of carbonyl (C=O) groups is 3. The first-order valence-electron chi connectivity index (χ1n) is 8.54. The molecular weight excluding hydrogens is 324 g/mol. The van der Waals surface area contributed by atoms with Crippen LogP contribution in [0, 0.1) is 0 Å². The van der Waals surface area contributed by atoms with Crippen LogP contribution in [-0.4, -0.2) is 42.1 Å². The number of rotatable bonds is 9. The Hall–Kier alpha value is -2.57. The smallest absolute Gasteiger partial charge is 0.303 e. The molecule has 25 heavy (non-hydrogen) atoms. The monoisotopic (exact) mass is 348 g/mol. The third-order valence-electron chi connectivity index (χ3n) is 4.03. The van der Waals surface area contributed by atoms with Crippen LogP contribution in [0.2, 0.25) is 0 Å². The Morgan fingerprint density at radius 1 is 1.20 bits per heavy atom. The van der Waals surface area contributed by atoms with Crippen LogP contribution < -0.4 is 15.0 Å². The highest BCUT2D eigenvalue weighted by molar-refractivity contribution is 6.00. The van der Waals surface area contributed by atoms with E-state index in [2.05, 4.69) is 5.32 Å². The van der Waals surface area contributed by atoms with E-state index in [0.717, 1.165) is 12.8 Å². The van der Waals surface area contributed by atoms with E-state index in [1.807, 2.05) is 18.2 Å². The lowest BCUT2D eigenvalue weighted by Crippen LogP contribution is -2.45. The molecule has 1 unspecified atom stereocenters. The number of hydrogen-bond acceptors (Lipinski definition) is 4. The molecule has 2 rings (SSSR count). The maximum Gasteiger partial charge on any atom is 0.303 e. The second kappa shape index (κ2) is 9.05. The molecule has 136 valence electrons. The van der Waals surface area contributed by atoms with Crippen molar-refractivity contribution in [2.45, 2.75) is 45.1 Å². The normalized spacial score (nSPS) is 16.1. The van der Waals surface area contributed by atoms with Crippen molar-refractivity contribution in [3.05, 3.63) is 24.3 Å². The topological polar surface area (TPSA) is 95.9 Å². The van der Waals surface area contributed by atoms with E-state index >= 15 is 0 Å². The fourth-order valence-electron chi connectivity index (χ4n) is 2.70. The quantitative estimate of drug-likeness (QED) is 0.665. The van der Waals surface area contributed by atoms with Crippen molar-refractivity contribution < 1.29 is 24.2 Å². The van der Waals surface area contributed by atoms with Gasteiger partial charge in [0.2, 0.25) is 5.91 Å². The summed E-state index contributed by atoms with van der Waals surface area (Å²) < 4.78 is 5.57. The fraction of sp³-hybridized carbons (Fsp3) is 0.500. The molecule has 1 aliphatic heterocycles. The summed E-state index contributed by atoms with van der Waals surface area (Å²) in [5.41, 5.74) is 0.687. The summed E-state index contributed by atoms with van der Waals surface area (Å²) in [7, 11) is 0. The molecule has 0 bridgehead atoms. The first-order valence-corrected chi connectivity index (χ1v) is 8.54. The highest BCUT2D eigenvalue weighted by Gasteiger charge is 2.31. The summed E-state index contributed by atoms with van der Waals surface area (Å²) in [6.07, 6.45) is 1.93. The van der Waals surface area contributed by atoms with Gasteiger partial charge in [0, 0.05) is 25.9 Å². The predicted molar refractivity (Wildman–Crippen MR) is 92.6 cm³/mol. The van der Waals surface area contributed by atoms with Gasteiger partial charge in [0.05, 0.1) is 5.69 Å². The van der Waals surface area contributed by atoms with Crippen LogP contribution in [0.1, 0.15) is 39.0 Å². The van der Waals surface area contributed by atoms with Crippen molar-refractivity contribution in [2.24, 2.45) is 0 Å². The van der Waals surface area contributed by atoms with Crippen molar-refractivity contribution in [2.75, 3.05) is 18.0 Å². The number of unbranched alkanes of at least 4 members (excludes halogenated alkanes) is 2. The van der Waals surface area contributed by atoms with Crippen LogP contribution in [0.5, 0.6) is 5.75 Å². The number of carboxylic acid groups (broad SMARTS) is 1. The molecule has 1 aromatic carbocycles. The van der Waals surface area contributed by atoms with Gasteiger partial charge in [0.15, 0.2) is 6.10 Å². The number of nitrogens with zero attached hydrogens (tertiary/aromatic N) is 1. The number of amides is 2. The summed E-state index contributed by atoms with van der Waals surface area (Å²) in [6, 6.07) is 7.29. The van der Waals surface area contributed by atoms with Crippen molar-refractivity contribution in [3.8, 4) is 5.75 Å². The van der Waals surface area contributed by atoms with Gasteiger partial charge in [-0.15, -0.1) is 0 Å². The van der Waals surface area contributed by atoms with Gasteiger partial charge in [-0.25, -0.2) is 0 Å². The van der Waals surface area contributed by atoms with Crippen molar-refractivity contribution >= 4 is 23.5 Å². The standard InChI is InChI=1S/C18H24N2O5/c1-13-18(24)20(14-7-4-5-8-15(14)25-13)12-10-16(21)19-11-6-2-3-9-17(22)23/h4-5,7-8,13H,2-3,6,9-12H2,1H3,(H,19,21)(H,22,23). The molecule has 0 saturated carbocycles. The van der Waals surface area contributed by atoms with E-state index < -0.39 is 12.1 Å². The fourth-order valence-corrected chi connectivity index (χ4v) is 2.70. The number of aliphatic carboxylic acids is 1. The molecule has 0 aliphatic carbocycles. The van der Waals surface area contributed by atoms with Gasteiger partial charge in [-0.3, -0.25) is 14.4 Å². The summed E-state index contributed by atoms with van der Waals surface area (Å²) in [4.78, 5) is 36.3. The predicted octanol–water partition coefficient (Wildman–Crippen LogP) is 1.95. The summed E-state index contributed by atoms with van der Waals surface area (Å²) in [5.74, 6) is -0.426. The van der Waals surface area contributed by atoms with Crippen molar-refractivity contribution in [1.29, 1.82) is 0 Å². The number of carboxylic acids is 1. The molecule has 0 spiro atoms. The number of para-hydroxylation sites is 2. The second-order valence-electron chi connectivity index (χ2n) is 6.02. The van der Waals surface area contributed by atoms with Gasteiger partial charge in [-0.05, 0) is 31.9 Å². The largest absolute Gasteiger partial charge is 0.481 e. The molecule has 2 amide bonds. The Morgan fingerprint density at radius 3 is 2.72 bits per heavy atom. The summed E-state index contributed by atoms with van der Waals surface area (Å²) in [6.45, 7) is 2.51. The number of hydrogen-bond donors (Lipinski definition) is 2. The molecule has 1 aromatic rings. The molecule has 7 nitrogen and oxygen atoms in total. The van der Waals surface area contributed by atoms with Crippen LogP contribution in [0.15, 0.2) is 24.3 Å². The van der Waals surface area contributed by atoms with Gasteiger partial charge in [0.1, 0.15) is 5.75 Å². The maximum atomic E-state index is 12.3. The Kier molecular flexibility index (Phi) is 6.80. The number of carbonyl (C=O) groups excluding carboxylic acids is 2. The molecule has 1 heterocycles. The molecule has 0 aromatic heterocycles. The van der Waals surface area contributed by atoms with E-state index in [1.54, 1.807) is 17.9 Å². The Labute approximate surface area is 147 Å². The number of ether oxygens (including phenoxy) is 1. The van der Waals surface area contributed by atoms with Crippen LogP contribution in [0.25, 0.3) is 0 Å². The molecule has 7 heteroatoms. The lowest BCUT2D eigenvalue weighted by atomic mass is 10.1. The zero-order chi connectivity index (χ0) is 18.2. The van der Waals surface area contributed by atoms with Gasteiger partial charge >= 0.3 is 5.97 Å². The Morgan fingerprint density at radius 2 is 1.96 bits per heavy atom. The van der Waals surface area contributed by atoms with Crippen molar-refractivity contribution in [1.82, 2.24) is 5.32 Å². The van der Waals surface area contributed by atoms with Gasteiger partial charge < -0.3 is 20.1 Å². The Balaban J connectivity index is 1.75. The first kappa shape index (κ1) is 18.8. The minimum atomic E-state index is -0.797. The number of fused-ring (bicyclic) bond motifs is 1. The average molecular weight is 348 g/mol. The summed E-state index contributed by atoms with van der Waals surface area (Å²) >= 11 is 0. The van der Waals surface area contributed by atoms with E-state index in [9.17, 15) is 14.4 Å². The summed E-state index contributed by atoms with van der Waals surface area (Å²) in [5, 5.41) is 11.4. The average Bonchev–Trinajstić information content (AvgIpc) is 2.58. The zero-order valence-corrected chi connectivity index (χ0v) is 14.4. The van der Waals surface area contributed by atoms with E-state index in [0.29, 0.717) is 30.9 Å². The van der Waals surface area contributed by atoms with Gasteiger partial charge in [0.25, 0.3) is 5.91 Å². The third kappa shape index (κ3) is 5.48. The third-order valence-corrected chi connectivity index (χ3v) is 4.03. The van der Waals surface area contributed by atoms with Crippen LogP contribution >= 0.6 is 0 Å². The molecule has 1 aliphatic rings. The van der Waals surface area contributed by atoms with Gasteiger partial charge in [-0.2, -0.15) is 0 Å². The van der Waals surface area contributed by atoms with Crippen LogP contribution in [-0.2, 0) is 14.4 Å². The van der Waals surface area contributed by atoms with Crippen molar-refractivity contribution in [3.63, 3.8) is 0 Å². The number of benzene rings is 1. The Bertz CT molecular complexity index is 632. The second-order valence-corrected chi connectivity index (χ2v) is 6.02. The van der Waals surface area contributed by atoms with Crippen LogP contribution in [0.3, 0.4) is 0 Å². The zero-order valence-electron chi connectivity index (χ0n) is 14.4. The molecular formula is C18H24N2O5. The number of anilines is 1. The molecule has 2 N–H and O–H groups in total. The maximum absolute atomic E-state index is 12.3. The van der Waals surface area contributed by atoms with Gasteiger partial charge in [-0.1, -0.05) is 18.6 Å². The molecule has 0 radical (unpaired) electrons. The minimum Gasteiger partial charge on any atom is -0.481 e. The molecule has 0 fully saturated rings. The molecule has 0 saturated heterocycles. The number of nitrogens with one attached hydrogen (secondary N) is 1.